The van der Waals surface area contributed by atoms with Crippen molar-refractivity contribution in [1.29, 1.82) is 0 Å². The minimum absolute atomic E-state index is 0.528. The zero-order valence-electron chi connectivity index (χ0n) is 5.70. The van der Waals surface area contributed by atoms with Gasteiger partial charge in [-0.3, -0.25) is 0 Å². The average molecular weight is 175 g/mol. The summed E-state index contributed by atoms with van der Waals surface area (Å²) >= 11 is 11.4. The molecule has 0 aliphatic rings. The van der Waals surface area contributed by atoms with Crippen molar-refractivity contribution in [1.82, 2.24) is 0 Å². The number of alkyl halides is 1. The highest BCUT2D eigenvalue weighted by Gasteiger charge is 1.94. The van der Waals surface area contributed by atoms with Crippen LogP contribution in [0.15, 0.2) is 18.2 Å². The summed E-state index contributed by atoms with van der Waals surface area (Å²) in [4.78, 5) is 0. The smallest absolute Gasteiger partial charge is 0.0474 e. The highest BCUT2D eigenvalue weighted by Crippen LogP contribution is 2.17. The van der Waals surface area contributed by atoms with Crippen LogP contribution < -0.4 is 0 Å². The van der Waals surface area contributed by atoms with Crippen LogP contribution in [0.25, 0.3) is 0 Å². The van der Waals surface area contributed by atoms with Gasteiger partial charge in [0.15, 0.2) is 0 Å². The second-order valence-electron chi connectivity index (χ2n) is 2.22. The summed E-state index contributed by atoms with van der Waals surface area (Å²) < 4.78 is 0. The molecule has 0 aliphatic heterocycles. The molecule has 0 nitrogen and oxygen atoms in total. The SMILES string of the molecule is Cc1ccc(CCl)cc1Cl. The fourth-order valence-corrected chi connectivity index (χ4v) is 1.09. The summed E-state index contributed by atoms with van der Waals surface area (Å²) in [7, 11) is 0. The van der Waals surface area contributed by atoms with E-state index in [1.165, 1.54) is 0 Å². The Labute approximate surface area is 70.8 Å². The molecule has 0 aromatic heterocycles. The third-order valence-corrected chi connectivity index (χ3v) is 2.11. The first-order chi connectivity index (χ1) is 4.74. The molecule has 0 fully saturated rings. The van der Waals surface area contributed by atoms with Gasteiger partial charge in [0, 0.05) is 10.9 Å². The van der Waals surface area contributed by atoms with Crippen molar-refractivity contribution in [2.24, 2.45) is 0 Å². The molecule has 0 saturated carbocycles. The zero-order valence-corrected chi connectivity index (χ0v) is 7.21. The molecule has 0 atom stereocenters. The summed E-state index contributed by atoms with van der Waals surface area (Å²) in [6, 6.07) is 5.85. The molecule has 0 bridgehead atoms. The largest absolute Gasteiger partial charge is 0.122 e. The van der Waals surface area contributed by atoms with Gasteiger partial charge < -0.3 is 0 Å². The Morgan fingerprint density at radius 2 is 2.10 bits per heavy atom. The van der Waals surface area contributed by atoms with Crippen LogP contribution in [0, 0.1) is 6.92 Å². The maximum atomic E-state index is 5.83. The minimum Gasteiger partial charge on any atom is -0.122 e. The number of rotatable bonds is 1. The summed E-state index contributed by atoms with van der Waals surface area (Å²) in [5, 5.41) is 0.790. The molecule has 0 spiro atoms. The first kappa shape index (κ1) is 7.90. The Hall–Kier alpha value is -0.200. The van der Waals surface area contributed by atoms with Gasteiger partial charge in [-0.15, -0.1) is 11.6 Å². The summed E-state index contributed by atoms with van der Waals surface area (Å²) in [5.41, 5.74) is 2.16. The quantitative estimate of drug-likeness (QED) is 0.574. The monoisotopic (exact) mass is 174 g/mol. The van der Waals surface area contributed by atoms with Crippen LogP contribution in [0.5, 0.6) is 0 Å². The van der Waals surface area contributed by atoms with E-state index in [1.54, 1.807) is 0 Å². The summed E-state index contributed by atoms with van der Waals surface area (Å²) in [5.74, 6) is 0.528. The van der Waals surface area contributed by atoms with Crippen molar-refractivity contribution in [3.63, 3.8) is 0 Å². The van der Waals surface area contributed by atoms with Crippen LogP contribution >= 0.6 is 23.2 Å². The van der Waals surface area contributed by atoms with Gasteiger partial charge in [0.2, 0.25) is 0 Å². The first-order valence-electron chi connectivity index (χ1n) is 3.05. The molecule has 0 unspecified atom stereocenters. The summed E-state index contributed by atoms with van der Waals surface area (Å²) in [6.45, 7) is 1.97. The van der Waals surface area contributed by atoms with E-state index in [0.717, 1.165) is 16.1 Å². The molecule has 1 aromatic carbocycles. The van der Waals surface area contributed by atoms with Crippen LogP contribution in [-0.2, 0) is 5.88 Å². The Morgan fingerprint density at radius 1 is 1.40 bits per heavy atom. The minimum atomic E-state index is 0.528. The van der Waals surface area contributed by atoms with Crippen molar-refractivity contribution >= 4 is 23.2 Å². The lowest BCUT2D eigenvalue weighted by molar-refractivity contribution is 1.36. The third kappa shape index (κ3) is 1.65. The van der Waals surface area contributed by atoms with Gasteiger partial charge in [-0.05, 0) is 24.1 Å². The van der Waals surface area contributed by atoms with E-state index < -0.39 is 0 Å². The molecule has 0 aliphatic carbocycles. The van der Waals surface area contributed by atoms with E-state index in [9.17, 15) is 0 Å². The van der Waals surface area contributed by atoms with Crippen molar-refractivity contribution < 1.29 is 0 Å². The molecule has 0 N–H and O–H groups in total. The standard InChI is InChI=1S/C8H8Cl2/c1-6-2-3-7(5-9)4-8(6)10/h2-4H,5H2,1H3. The van der Waals surface area contributed by atoms with E-state index in [-0.39, 0.29) is 0 Å². The van der Waals surface area contributed by atoms with Gasteiger partial charge in [-0.25, -0.2) is 0 Å². The van der Waals surface area contributed by atoms with E-state index in [2.05, 4.69) is 0 Å². The average Bonchev–Trinajstić information content (AvgIpc) is 1.95. The van der Waals surface area contributed by atoms with Crippen molar-refractivity contribution in [3.8, 4) is 0 Å². The molecule has 10 heavy (non-hydrogen) atoms. The van der Waals surface area contributed by atoms with Crippen molar-refractivity contribution in [3.05, 3.63) is 34.3 Å². The van der Waals surface area contributed by atoms with E-state index in [4.69, 9.17) is 23.2 Å². The van der Waals surface area contributed by atoms with Gasteiger partial charge in [-0.1, -0.05) is 23.7 Å². The molecule has 54 valence electrons. The van der Waals surface area contributed by atoms with Crippen LogP contribution in [0.3, 0.4) is 0 Å². The molecule has 0 amide bonds. The molecular weight excluding hydrogens is 167 g/mol. The number of halogens is 2. The Morgan fingerprint density at radius 3 is 2.60 bits per heavy atom. The predicted molar refractivity (Wildman–Crippen MR) is 45.7 cm³/mol. The van der Waals surface area contributed by atoms with Gasteiger partial charge in [0.25, 0.3) is 0 Å². The van der Waals surface area contributed by atoms with E-state index in [1.807, 2.05) is 25.1 Å². The van der Waals surface area contributed by atoms with Crippen LogP contribution in [0.2, 0.25) is 5.02 Å². The van der Waals surface area contributed by atoms with E-state index in [0.29, 0.717) is 5.88 Å². The number of hydrogen-bond acceptors (Lipinski definition) is 0. The molecule has 2 heteroatoms. The van der Waals surface area contributed by atoms with Crippen LogP contribution in [0.4, 0.5) is 0 Å². The third-order valence-electron chi connectivity index (χ3n) is 1.39. The highest BCUT2D eigenvalue weighted by atomic mass is 35.5. The van der Waals surface area contributed by atoms with Crippen molar-refractivity contribution in [2.75, 3.05) is 0 Å². The predicted octanol–water partition coefficient (Wildman–Crippen LogP) is 3.39. The molecule has 0 heterocycles. The fourth-order valence-electron chi connectivity index (χ4n) is 0.719. The normalized spacial score (nSPS) is 9.90. The maximum Gasteiger partial charge on any atom is 0.0474 e. The molecule has 1 aromatic rings. The maximum absolute atomic E-state index is 5.83. The highest BCUT2D eigenvalue weighted by molar-refractivity contribution is 6.31. The summed E-state index contributed by atoms with van der Waals surface area (Å²) in [6.07, 6.45) is 0. The number of hydrogen-bond donors (Lipinski definition) is 0. The lowest BCUT2D eigenvalue weighted by Gasteiger charge is -1.98. The lowest BCUT2D eigenvalue weighted by Crippen LogP contribution is -1.79. The van der Waals surface area contributed by atoms with E-state index >= 15 is 0 Å². The topological polar surface area (TPSA) is 0 Å². The number of benzene rings is 1. The van der Waals surface area contributed by atoms with Gasteiger partial charge >= 0.3 is 0 Å². The second kappa shape index (κ2) is 3.27. The second-order valence-corrected chi connectivity index (χ2v) is 2.89. The Balaban J connectivity index is 3.04. The Bertz CT molecular complexity index is 231. The van der Waals surface area contributed by atoms with Gasteiger partial charge in [0.1, 0.15) is 0 Å². The van der Waals surface area contributed by atoms with Gasteiger partial charge in [-0.2, -0.15) is 0 Å². The first-order valence-corrected chi connectivity index (χ1v) is 3.96. The fraction of sp³-hybridized carbons (Fsp3) is 0.250. The van der Waals surface area contributed by atoms with Crippen LogP contribution in [0.1, 0.15) is 11.1 Å². The Kier molecular flexibility index (Phi) is 2.58. The van der Waals surface area contributed by atoms with Gasteiger partial charge in [0.05, 0.1) is 0 Å². The molecule has 1 rings (SSSR count). The molecular formula is C8H8Cl2. The lowest BCUT2D eigenvalue weighted by atomic mass is 10.2. The molecule has 0 radical (unpaired) electrons. The van der Waals surface area contributed by atoms with Crippen molar-refractivity contribution in [2.45, 2.75) is 12.8 Å². The zero-order chi connectivity index (χ0) is 7.56. The molecule has 0 saturated heterocycles. The number of aryl methyl sites for hydroxylation is 1. The van der Waals surface area contributed by atoms with Crippen LogP contribution in [-0.4, -0.2) is 0 Å².